The number of H-pyrrole nitrogens is 1. The zero-order valence-electron chi connectivity index (χ0n) is 9.82. The van der Waals surface area contributed by atoms with Crippen LogP contribution in [0.15, 0.2) is 9.00 Å². The largest absolute Gasteiger partial charge is 0.402 e. The van der Waals surface area contributed by atoms with Gasteiger partial charge in [-0.05, 0) is 19.8 Å². The van der Waals surface area contributed by atoms with Gasteiger partial charge in [-0.2, -0.15) is 17.5 Å². The second-order valence-electron chi connectivity index (χ2n) is 4.32. The van der Waals surface area contributed by atoms with E-state index >= 15 is 0 Å². The van der Waals surface area contributed by atoms with Crippen LogP contribution in [0, 0.1) is 6.92 Å². The number of nitrogens with one attached hydrogen (secondary N) is 1. The summed E-state index contributed by atoms with van der Waals surface area (Å²) in [7, 11) is -4.28. The summed E-state index contributed by atoms with van der Waals surface area (Å²) < 4.78 is 61.9. The molecule has 1 aromatic rings. The predicted octanol–water partition coefficient (Wildman–Crippen LogP) is 1.46. The molecule has 1 aromatic heterocycles. The molecule has 0 saturated heterocycles. The third kappa shape index (κ3) is 3.18. The lowest BCUT2D eigenvalue weighted by Gasteiger charge is -2.22. The van der Waals surface area contributed by atoms with Crippen LogP contribution in [-0.4, -0.2) is 36.5 Å². The van der Waals surface area contributed by atoms with Gasteiger partial charge in [-0.1, -0.05) is 11.3 Å². The summed E-state index contributed by atoms with van der Waals surface area (Å²) in [5, 5.41) is 0. The van der Waals surface area contributed by atoms with Crippen molar-refractivity contribution < 1.29 is 21.6 Å². The molecule has 2 rings (SSSR count). The van der Waals surface area contributed by atoms with Crippen LogP contribution in [0.1, 0.15) is 18.5 Å². The molecule has 0 amide bonds. The Balaban J connectivity index is 2.40. The van der Waals surface area contributed by atoms with Gasteiger partial charge in [0.05, 0.1) is 0 Å². The number of halogens is 3. The van der Waals surface area contributed by atoms with Crippen LogP contribution in [0.5, 0.6) is 0 Å². The van der Waals surface area contributed by atoms with Gasteiger partial charge >= 0.3 is 11.0 Å². The molecule has 0 spiro atoms. The van der Waals surface area contributed by atoms with Crippen LogP contribution < -0.4 is 4.87 Å². The fraction of sp³-hybridized carbons (Fsp3) is 0.667. The van der Waals surface area contributed by atoms with E-state index in [1.165, 1.54) is 6.92 Å². The van der Waals surface area contributed by atoms with Crippen LogP contribution in [-0.2, 0) is 10.0 Å². The van der Waals surface area contributed by atoms with Crippen LogP contribution >= 0.6 is 11.3 Å². The van der Waals surface area contributed by atoms with E-state index < -0.39 is 33.7 Å². The van der Waals surface area contributed by atoms with Crippen LogP contribution in [0.4, 0.5) is 13.2 Å². The lowest BCUT2D eigenvalue weighted by molar-refractivity contribution is -0.136. The lowest BCUT2D eigenvalue weighted by Crippen LogP contribution is -2.40. The van der Waals surface area contributed by atoms with Gasteiger partial charge in [0, 0.05) is 11.7 Å². The van der Waals surface area contributed by atoms with Crippen molar-refractivity contribution in [2.45, 2.75) is 36.2 Å². The molecule has 19 heavy (non-hydrogen) atoms. The number of sulfonamides is 1. The first-order chi connectivity index (χ1) is 8.61. The van der Waals surface area contributed by atoms with Crippen LogP contribution in [0.2, 0.25) is 0 Å². The first-order valence-electron chi connectivity index (χ1n) is 5.39. The highest BCUT2D eigenvalue weighted by atomic mass is 32.2. The fourth-order valence-corrected chi connectivity index (χ4v) is 4.78. The minimum absolute atomic E-state index is 0.0721. The van der Waals surface area contributed by atoms with E-state index in [-0.39, 0.29) is 9.90 Å². The molecule has 0 atom stereocenters. The Morgan fingerprint density at radius 1 is 1.42 bits per heavy atom. The number of rotatable bonds is 4. The fourth-order valence-electron chi connectivity index (χ4n) is 1.69. The molecule has 1 aliphatic rings. The van der Waals surface area contributed by atoms with Crippen LogP contribution in [0.25, 0.3) is 0 Å². The first-order valence-corrected chi connectivity index (χ1v) is 7.65. The van der Waals surface area contributed by atoms with E-state index in [2.05, 4.69) is 4.98 Å². The standard InChI is InChI=1S/C9H11F3N2O3S2/c1-5-7(18-8(15)13-5)19(16,17)14(6-2-3-6)4-9(10,11)12/h6H,2-4H2,1H3,(H,13,15). The van der Waals surface area contributed by atoms with E-state index in [0.717, 1.165) is 0 Å². The maximum Gasteiger partial charge on any atom is 0.402 e. The normalized spacial score (nSPS) is 17.1. The van der Waals surface area contributed by atoms with E-state index in [9.17, 15) is 26.4 Å². The molecular weight excluding hydrogens is 305 g/mol. The van der Waals surface area contributed by atoms with Gasteiger partial charge in [-0.3, -0.25) is 4.79 Å². The highest BCUT2D eigenvalue weighted by molar-refractivity contribution is 7.91. The van der Waals surface area contributed by atoms with E-state index in [4.69, 9.17) is 0 Å². The Morgan fingerprint density at radius 2 is 2.00 bits per heavy atom. The molecule has 1 aliphatic carbocycles. The summed E-state index contributed by atoms with van der Waals surface area (Å²) in [6.45, 7) is -0.172. The molecule has 0 aromatic carbocycles. The number of aromatic amines is 1. The van der Waals surface area contributed by atoms with Crippen molar-refractivity contribution in [1.29, 1.82) is 0 Å². The molecular formula is C9H11F3N2O3S2. The molecule has 0 bridgehead atoms. The van der Waals surface area contributed by atoms with Crippen molar-refractivity contribution >= 4 is 21.4 Å². The SMILES string of the molecule is Cc1[nH]c(=O)sc1S(=O)(=O)N(CC(F)(F)F)C1CC1. The third-order valence-corrected chi connectivity index (χ3v) is 6.09. The van der Waals surface area contributed by atoms with Crippen molar-refractivity contribution in [3.05, 3.63) is 15.4 Å². The monoisotopic (exact) mass is 316 g/mol. The second-order valence-corrected chi connectivity index (χ2v) is 7.39. The number of hydrogen-bond donors (Lipinski definition) is 1. The average molecular weight is 316 g/mol. The molecule has 5 nitrogen and oxygen atoms in total. The Hall–Kier alpha value is -0.870. The topological polar surface area (TPSA) is 70.2 Å². The highest BCUT2D eigenvalue weighted by Gasteiger charge is 2.45. The van der Waals surface area contributed by atoms with Crippen molar-refractivity contribution in [1.82, 2.24) is 9.29 Å². The molecule has 10 heteroatoms. The summed E-state index contributed by atoms with van der Waals surface area (Å²) in [6, 6.07) is -0.622. The first kappa shape index (κ1) is 14.5. The lowest BCUT2D eigenvalue weighted by atomic mass is 10.6. The number of nitrogens with zero attached hydrogens (tertiary/aromatic N) is 1. The van der Waals surface area contributed by atoms with Crippen molar-refractivity contribution in [3.8, 4) is 0 Å². The third-order valence-electron chi connectivity index (χ3n) is 2.61. The van der Waals surface area contributed by atoms with Gasteiger partial charge in [0.25, 0.3) is 10.0 Å². The Bertz CT molecular complexity index is 628. The molecule has 0 aliphatic heterocycles. The molecule has 108 valence electrons. The average Bonchev–Trinajstić information content (AvgIpc) is 2.99. The number of aromatic nitrogens is 1. The van der Waals surface area contributed by atoms with E-state index in [0.29, 0.717) is 28.5 Å². The summed E-state index contributed by atoms with van der Waals surface area (Å²) in [5.41, 5.74) is 0.0721. The Labute approximate surface area is 111 Å². The van der Waals surface area contributed by atoms with Gasteiger partial charge in [0.1, 0.15) is 6.54 Å². The van der Waals surface area contributed by atoms with E-state index in [1.54, 1.807) is 0 Å². The zero-order valence-corrected chi connectivity index (χ0v) is 11.5. The maximum atomic E-state index is 12.5. The number of thiazole rings is 1. The molecule has 0 unspecified atom stereocenters. The van der Waals surface area contributed by atoms with Gasteiger partial charge in [-0.15, -0.1) is 0 Å². The predicted molar refractivity (Wildman–Crippen MR) is 62.6 cm³/mol. The summed E-state index contributed by atoms with van der Waals surface area (Å²) >= 11 is 0.413. The number of aryl methyl sites for hydroxylation is 1. The molecule has 1 N–H and O–H groups in total. The van der Waals surface area contributed by atoms with E-state index in [1.807, 2.05) is 0 Å². The second kappa shape index (κ2) is 4.60. The van der Waals surface area contributed by atoms with Gasteiger partial charge in [-0.25, -0.2) is 8.42 Å². The Kier molecular flexibility index (Phi) is 3.52. The minimum atomic E-state index is -4.61. The molecule has 0 radical (unpaired) electrons. The smallest absolute Gasteiger partial charge is 0.315 e. The van der Waals surface area contributed by atoms with Crippen molar-refractivity contribution in [2.75, 3.05) is 6.54 Å². The van der Waals surface area contributed by atoms with Crippen molar-refractivity contribution in [2.24, 2.45) is 0 Å². The Morgan fingerprint density at radius 3 is 2.37 bits per heavy atom. The number of hydrogen-bond acceptors (Lipinski definition) is 4. The molecule has 1 saturated carbocycles. The zero-order chi connectivity index (χ0) is 14.4. The quantitative estimate of drug-likeness (QED) is 0.914. The van der Waals surface area contributed by atoms with Gasteiger partial charge < -0.3 is 4.98 Å². The molecule has 1 heterocycles. The summed E-state index contributed by atoms with van der Waals surface area (Å²) in [4.78, 5) is 12.8. The maximum absolute atomic E-state index is 12.5. The minimum Gasteiger partial charge on any atom is -0.315 e. The molecule has 1 fully saturated rings. The van der Waals surface area contributed by atoms with Gasteiger partial charge in [0.2, 0.25) is 0 Å². The van der Waals surface area contributed by atoms with Crippen molar-refractivity contribution in [3.63, 3.8) is 0 Å². The van der Waals surface area contributed by atoms with Crippen LogP contribution in [0.3, 0.4) is 0 Å². The van der Waals surface area contributed by atoms with Gasteiger partial charge in [0.15, 0.2) is 4.21 Å². The summed E-state index contributed by atoms with van der Waals surface area (Å²) in [6.07, 6.45) is -3.79. The number of alkyl halides is 3. The summed E-state index contributed by atoms with van der Waals surface area (Å²) in [5.74, 6) is 0. The highest BCUT2D eigenvalue weighted by Crippen LogP contribution is 2.35.